The number of nitrogens with one attached hydrogen (secondary N) is 2. The molecule has 2 rings (SSSR count). The molecule has 0 bridgehead atoms. The minimum atomic E-state index is -0.781. The lowest BCUT2D eigenvalue weighted by atomic mass is 10.2. The van der Waals surface area contributed by atoms with Crippen molar-refractivity contribution in [3.05, 3.63) is 58.6 Å². The zero-order valence-corrected chi connectivity index (χ0v) is 20.1. The largest absolute Gasteiger partial charge is 0.484 e. The summed E-state index contributed by atoms with van der Waals surface area (Å²) in [7, 11) is 1.49. The number of carbonyl (C=O) groups excluding carboxylic acids is 3. The number of likely N-dealkylation sites (N-methyl/N-ethyl adjacent to an activating group) is 1. The number of halogens is 2. The van der Waals surface area contributed by atoms with E-state index >= 15 is 0 Å². The molecule has 0 unspecified atom stereocenters. The second kappa shape index (κ2) is 13.2. The maximum atomic E-state index is 12.9. The van der Waals surface area contributed by atoms with Crippen molar-refractivity contribution < 1.29 is 19.1 Å². The van der Waals surface area contributed by atoms with Crippen molar-refractivity contribution in [3.63, 3.8) is 0 Å². The molecular weight excluding hydrogens is 473 g/mol. The number of thioether (sulfide) groups is 1. The molecule has 0 aromatic heterocycles. The summed E-state index contributed by atoms with van der Waals surface area (Å²) < 4.78 is 5.44. The molecule has 2 N–H and O–H groups in total. The number of ether oxygens (including phenoxy) is 1. The predicted molar refractivity (Wildman–Crippen MR) is 130 cm³/mol. The highest BCUT2D eigenvalue weighted by molar-refractivity contribution is 7.98. The van der Waals surface area contributed by atoms with Gasteiger partial charge in [-0.25, -0.2) is 0 Å². The molecule has 0 saturated carbocycles. The quantitative estimate of drug-likeness (QED) is 0.493. The predicted octanol–water partition coefficient (Wildman–Crippen LogP) is 3.71. The monoisotopic (exact) mass is 497 g/mol. The number of rotatable bonds is 11. The molecule has 0 saturated heterocycles. The van der Waals surface area contributed by atoms with E-state index in [1.54, 1.807) is 54.2 Å². The van der Waals surface area contributed by atoms with Crippen molar-refractivity contribution in [2.75, 3.05) is 37.5 Å². The van der Waals surface area contributed by atoms with E-state index in [-0.39, 0.29) is 24.7 Å². The maximum absolute atomic E-state index is 12.9. The van der Waals surface area contributed by atoms with Gasteiger partial charge in [-0.15, -0.1) is 0 Å². The van der Waals surface area contributed by atoms with Crippen molar-refractivity contribution in [2.45, 2.75) is 12.5 Å². The van der Waals surface area contributed by atoms with Gasteiger partial charge in [0.25, 0.3) is 5.91 Å². The molecule has 2 aromatic rings. The second-order valence-corrected chi connectivity index (χ2v) is 8.64. The zero-order chi connectivity index (χ0) is 23.5. The Balaban J connectivity index is 1.94. The smallest absolute Gasteiger partial charge is 0.258 e. The van der Waals surface area contributed by atoms with Gasteiger partial charge in [0.05, 0.1) is 22.3 Å². The molecule has 3 amide bonds. The van der Waals surface area contributed by atoms with Gasteiger partial charge in [-0.05, 0) is 42.7 Å². The Morgan fingerprint density at radius 3 is 2.31 bits per heavy atom. The summed E-state index contributed by atoms with van der Waals surface area (Å²) in [5, 5.41) is 5.91. The lowest BCUT2D eigenvalue weighted by Crippen LogP contribution is -2.50. The molecule has 32 heavy (non-hydrogen) atoms. The molecule has 7 nitrogen and oxygen atoms in total. The number of nitrogens with zero attached hydrogens (tertiary/aromatic N) is 1. The van der Waals surface area contributed by atoms with Gasteiger partial charge < -0.3 is 20.3 Å². The van der Waals surface area contributed by atoms with Crippen LogP contribution in [-0.4, -0.2) is 60.9 Å². The van der Waals surface area contributed by atoms with Crippen molar-refractivity contribution in [1.29, 1.82) is 0 Å². The summed E-state index contributed by atoms with van der Waals surface area (Å²) in [5.41, 5.74) is 0.284. The number of hydrogen-bond donors (Lipinski definition) is 2. The van der Waals surface area contributed by atoms with E-state index in [1.165, 1.54) is 11.9 Å². The van der Waals surface area contributed by atoms with Crippen molar-refractivity contribution >= 4 is 58.4 Å². The first-order valence-corrected chi connectivity index (χ1v) is 11.9. The second-order valence-electron chi connectivity index (χ2n) is 6.84. The lowest BCUT2D eigenvalue weighted by molar-refractivity contribution is -0.137. The third-order valence-electron chi connectivity index (χ3n) is 4.34. The first-order chi connectivity index (χ1) is 15.3. The molecule has 1 atom stereocenters. The van der Waals surface area contributed by atoms with Crippen molar-refractivity contribution in [2.24, 2.45) is 0 Å². The fourth-order valence-corrected chi connectivity index (χ4v) is 3.71. The summed E-state index contributed by atoms with van der Waals surface area (Å²) in [5.74, 6) is -0.0488. The fraction of sp³-hybridized carbons (Fsp3) is 0.318. The molecular formula is C22H25Cl2N3O4S. The first-order valence-electron chi connectivity index (χ1n) is 9.76. The number of anilines is 1. The van der Waals surface area contributed by atoms with E-state index in [1.807, 2.05) is 12.3 Å². The van der Waals surface area contributed by atoms with Crippen LogP contribution in [0.1, 0.15) is 6.42 Å². The van der Waals surface area contributed by atoms with Gasteiger partial charge in [0.1, 0.15) is 11.8 Å². The fourth-order valence-electron chi connectivity index (χ4n) is 2.75. The lowest BCUT2D eigenvalue weighted by Gasteiger charge is -2.24. The standard InChI is InChI=1S/C22H25Cl2N3O4S/c1-27(13-19(28)26-21-16(23)9-6-10-17(21)24)22(30)18(11-12-32-2)25-20(29)14-31-15-7-4-3-5-8-15/h3-10,18H,11-14H2,1-2H3,(H,25,29)(H,26,28)/t18-/m0/s1. The molecule has 0 spiro atoms. The Hall–Kier alpha value is -2.42. The van der Waals surface area contributed by atoms with Crippen LogP contribution in [0.3, 0.4) is 0 Å². The van der Waals surface area contributed by atoms with Crippen LogP contribution in [-0.2, 0) is 14.4 Å². The Kier molecular flexibility index (Phi) is 10.7. The molecule has 0 aliphatic carbocycles. The van der Waals surface area contributed by atoms with E-state index in [0.29, 0.717) is 28.0 Å². The van der Waals surface area contributed by atoms with Gasteiger partial charge in [0, 0.05) is 7.05 Å². The van der Waals surface area contributed by atoms with Gasteiger partial charge in [-0.3, -0.25) is 14.4 Å². The minimum Gasteiger partial charge on any atom is -0.484 e. The van der Waals surface area contributed by atoms with Gasteiger partial charge in [-0.1, -0.05) is 47.5 Å². The Labute approximate surface area is 201 Å². The average Bonchev–Trinajstić information content (AvgIpc) is 2.78. The summed E-state index contributed by atoms with van der Waals surface area (Å²) in [6, 6.07) is 13.0. The van der Waals surface area contributed by atoms with Crippen LogP contribution < -0.4 is 15.4 Å². The molecule has 0 fully saturated rings. The Morgan fingerprint density at radius 2 is 1.69 bits per heavy atom. The Morgan fingerprint density at radius 1 is 1.03 bits per heavy atom. The normalized spacial score (nSPS) is 11.4. The van der Waals surface area contributed by atoms with Gasteiger partial charge >= 0.3 is 0 Å². The van der Waals surface area contributed by atoms with Crippen LogP contribution in [0.5, 0.6) is 5.75 Å². The van der Waals surface area contributed by atoms with Crippen LogP contribution in [0.25, 0.3) is 0 Å². The first kappa shape index (κ1) is 25.8. The van der Waals surface area contributed by atoms with Crippen molar-refractivity contribution in [1.82, 2.24) is 10.2 Å². The van der Waals surface area contributed by atoms with Gasteiger partial charge in [-0.2, -0.15) is 11.8 Å². The molecule has 172 valence electrons. The summed E-state index contributed by atoms with van der Waals surface area (Å²) in [4.78, 5) is 38.9. The van der Waals surface area contributed by atoms with E-state index < -0.39 is 17.9 Å². The number of amides is 3. The maximum Gasteiger partial charge on any atom is 0.258 e. The number of benzene rings is 2. The summed E-state index contributed by atoms with van der Waals surface area (Å²) >= 11 is 13.7. The highest BCUT2D eigenvalue weighted by Gasteiger charge is 2.25. The average molecular weight is 498 g/mol. The molecule has 0 aliphatic heterocycles. The Bertz CT molecular complexity index is 910. The van der Waals surface area contributed by atoms with Crippen LogP contribution in [0.4, 0.5) is 5.69 Å². The van der Waals surface area contributed by atoms with Crippen LogP contribution in [0, 0.1) is 0 Å². The summed E-state index contributed by atoms with van der Waals surface area (Å²) in [6.07, 6.45) is 2.33. The molecule has 0 heterocycles. The SMILES string of the molecule is CSCC[C@H](NC(=O)COc1ccccc1)C(=O)N(C)CC(=O)Nc1c(Cl)cccc1Cl. The molecule has 0 radical (unpaired) electrons. The third-order valence-corrected chi connectivity index (χ3v) is 5.62. The highest BCUT2D eigenvalue weighted by Crippen LogP contribution is 2.29. The van der Waals surface area contributed by atoms with E-state index in [9.17, 15) is 14.4 Å². The van der Waals surface area contributed by atoms with E-state index in [4.69, 9.17) is 27.9 Å². The summed E-state index contributed by atoms with van der Waals surface area (Å²) in [6.45, 7) is -0.450. The molecule has 0 aliphatic rings. The van der Waals surface area contributed by atoms with Crippen LogP contribution in [0.2, 0.25) is 10.0 Å². The minimum absolute atomic E-state index is 0.220. The molecule has 2 aromatic carbocycles. The van der Waals surface area contributed by atoms with Crippen molar-refractivity contribution in [3.8, 4) is 5.75 Å². The van der Waals surface area contributed by atoms with Gasteiger partial charge in [0.2, 0.25) is 11.8 Å². The number of hydrogen-bond acceptors (Lipinski definition) is 5. The third kappa shape index (κ3) is 8.26. The van der Waals surface area contributed by atoms with Gasteiger partial charge in [0.15, 0.2) is 6.61 Å². The number of carbonyl (C=O) groups is 3. The number of para-hydroxylation sites is 2. The van der Waals surface area contributed by atoms with Crippen LogP contribution in [0.15, 0.2) is 48.5 Å². The topological polar surface area (TPSA) is 87.7 Å². The molecule has 10 heteroatoms. The highest BCUT2D eigenvalue weighted by atomic mass is 35.5. The van der Waals surface area contributed by atoms with E-state index in [0.717, 1.165) is 0 Å². The van der Waals surface area contributed by atoms with Crippen LogP contribution >= 0.6 is 35.0 Å². The zero-order valence-electron chi connectivity index (χ0n) is 17.8. The van der Waals surface area contributed by atoms with E-state index in [2.05, 4.69) is 10.6 Å².